The first-order valence-electron chi connectivity index (χ1n) is 4.91. The van der Waals surface area contributed by atoms with Crippen LogP contribution in [-0.2, 0) is 4.79 Å². The summed E-state index contributed by atoms with van der Waals surface area (Å²) in [5.74, 6) is -0.453. The van der Waals surface area contributed by atoms with Crippen molar-refractivity contribution in [2.24, 2.45) is 5.73 Å². The number of aromatic hydroxyl groups is 1. The van der Waals surface area contributed by atoms with Crippen molar-refractivity contribution in [3.63, 3.8) is 0 Å². The van der Waals surface area contributed by atoms with Crippen LogP contribution >= 0.6 is 0 Å². The van der Waals surface area contributed by atoms with E-state index in [-0.39, 0.29) is 12.2 Å². The lowest BCUT2D eigenvalue weighted by Gasteiger charge is -2.18. The number of nitrogens with two attached hydrogens (primary N) is 1. The van der Waals surface area contributed by atoms with Crippen LogP contribution in [0.15, 0.2) is 12.1 Å². The van der Waals surface area contributed by atoms with Gasteiger partial charge in [0.25, 0.3) is 0 Å². The second kappa shape index (κ2) is 5.40. The van der Waals surface area contributed by atoms with Crippen molar-refractivity contribution in [2.45, 2.75) is 12.5 Å². The molecule has 0 aliphatic carbocycles. The summed E-state index contributed by atoms with van der Waals surface area (Å²) in [6.07, 6.45) is -0.252. The number of benzene rings is 1. The minimum Gasteiger partial charge on any atom is -0.508 e. The van der Waals surface area contributed by atoms with Crippen molar-refractivity contribution in [1.29, 1.82) is 0 Å². The van der Waals surface area contributed by atoms with Crippen LogP contribution in [0.5, 0.6) is 17.2 Å². The predicted octanol–water partition coefficient (Wildman–Crippen LogP) is 0.884. The molecule has 1 atom stereocenters. The maximum absolute atomic E-state index is 10.6. The minimum atomic E-state index is -1.02. The fraction of sp³-hybridized carbons (Fsp3) is 0.364. The highest BCUT2D eigenvalue weighted by Gasteiger charge is 2.21. The summed E-state index contributed by atoms with van der Waals surface area (Å²) < 4.78 is 10.1. The van der Waals surface area contributed by atoms with Gasteiger partial charge < -0.3 is 25.4 Å². The number of aliphatic carboxylic acids is 1. The average Bonchev–Trinajstić information content (AvgIpc) is 2.26. The zero-order chi connectivity index (χ0) is 13.0. The Labute approximate surface area is 98.6 Å². The molecule has 1 aromatic rings. The van der Waals surface area contributed by atoms with Gasteiger partial charge in [-0.15, -0.1) is 0 Å². The molecule has 0 spiro atoms. The van der Waals surface area contributed by atoms with Crippen molar-refractivity contribution < 1.29 is 24.5 Å². The third kappa shape index (κ3) is 3.01. The number of carboxylic acid groups (broad SMARTS) is 1. The van der Waals surface area contributed by atoms with Crippen LogP contribution in [0.2, 0.25) is 0 Å². The molecule has 0 aromatic heterocycles. The quantitative estimate of drug-likeness (QED) is 0.707. The molecular formula is C11H15NO5. The van der Waals surface area contributed by atoms with Gasteiger partial charge in [0.1, 0.15) is 17.2 Å². The Morgan fingerprint density at radius 3 is 2.18 bits per heavy atom. The molecule has 0 bridgehead atoms. The first-order valence-corrected chi connectivity index (χ1v) is 4.91. The SMILES string of the molecule is COc1cc(O)cc(OC)c1C(N)CC(=O)O. The number of carbonyl (C=O) groups is 1. The third-order valence-corrected chi connectivity index (χ3v) is 2.29. The van der Waals surface area contributed by atoms with Crippen LogP contribution in [0.1, 0.15) is 18.0 Å². The van der Waals surface area contributed by atoms with Crippen molar-refractivity contribution in [2.75, 3.05) is 14.2 Å². The standard InChI is InChI=1S/C11H15NO5/c1-16-8-3-6(13)4-9(17-2)11(8)7(12)5-10(14)15/h3-4,7,13H,5,12H2,1-2H3,(H,14,15). The van der Waals surface area contributed by atoms with Crippen LogP contribution in [0.25, 0.3) is 0 Å². The maximum atomic E-state index is 10.6. The van der Waals surface area contributed by atoms with Gasteiger partial charge in [-0.1, -0.05) is 0 Å². The molecule has 0 aliphatic heterocycles. The number of phenolic OH excluding ortho intramolecular Hbond substituents is 1. The summed E-state index contributed by atoms with van der Waals surface area (Å²) in [5, 5.41) is 18.1. The van der Waals surface area contributed by atoms with Crippen molar-refractivity contribution in [1.82, 2.24) is 0 Å². The molecule has 4 N–H and O–H groups in total. The highest BCUT2D eigenvalue weighted by Crippen LogP contribution is 2.37. The van der Waals surface area contributed by atoms with Gasteiger partial charge in [-0.3, -0.25) is 4.79 Å². The average molecular weight is 241 g/mol. The summed E-state index contributed by atoms with van der Waals surface area (Å²) in [4.78, 5) is 10.6. The van der Waals surface area contributed by atoms with Crippen LogP contribution < -0.4 is 15.2 Å². The van der Waals surface area contributed by atoms with E-state index in [2.05, 4.69) is 0 Å². The van der Waals surface area contributed by atoms with Gasteiger partial charge in [0, 0.05) is 18.2 Å². The number of hydrogen-bond donors (Lipinski definition) is 3. The van der Waals surface area contributed by atoms with E-state index in [4.69, 9.17) is 20.3 Å². The fourth-order valence-corrected chi connectivity index (χ4v) is 1.58. The summed E-state index contributed by atoms with van der Waals surface area (Å²) in [6.45, 7) is 0. The van der Waals surface area contributed by atoms with Gasteiger partial charge in [0.05, 0.1) is 26.2 Å². The Morgan fingerprint density at radius 2 is 1.82 bits per heavy atom. The zero-order valence-electron chi connectivity index (χ0n) is 9.64. The Morgan fingerprint density at radius 1 is 1.35 bits per heavy atom. The molecule has 6 nitrogen and oxygen atoms in total. The van der Waals surface area contributed by atoms with E-state index in [1.807, 2.05) is 0 Å². The second-order valence-electron chi connectivity index (χ2n) is 3.47. The Bertz CT molecular complexity index is 393. The van der Waals surface area contributed by atoms with Gasteiger partial charge in [-0.25, -0.2) is 0 Å². The van der Waals surface area contributed by atoms with Gasteiger partial charge >= 0.3 is 5.97 Å². The van der Waals surface area contributed by atoms with Crippen LogP contribution in [0.4, 0.5) is 0 Å². The van der Waals surface area contributed by atoms with Gasteiger partial charge in [-0.05, 0) is 0 Å². The lowest BCUT2D eigenvalue weighted by atomic mass is 10.0. The van der Waals surface area contributed by atoms with Crippen LogP contribution in [0.3, 0.4) is 0 Å². The van der Waals surface area contributed by atoms with Crippen molar-refractivity contribution in [3.8, 4) is 17.2 Å². The number of ether oxygens (including phenoxy) is 2. The number of phenols is 1. The topological polar surface area (TPSA) is 102 Å². The number of methoxy groups -OCH3 is 2. The normalized spacial score (nSPS) is 11.9. The molecule has 94 valence electrons. The summed E-state index contributed by atoms with van der Waals surface area (Å²) >= 11 is 0. The third-order valence-electron chi connectivity index (χ3n) is 2.29. The van der Waals surface area contributed by atoms with E-state index in [1.54, 1.807) is 0 Å². The molecular weight excluding hydrogens is 226 g/mol. The molecule has 6 heteroatoms. The Kier molecular flexibility index (Phi) is 4.17. The molecule has 1 rings (SSSR count). The highest BCUT2D eigenvalue weighted by molar-refractivity contribution is 5.69. The summed E-state index contributed by atoms with van der Waals surface area (Å²) in [5.41, 5.74) is 6.20. The number of hydrogen-bond acceptors (Lipinski definition) is 5. The minimum absolute atomic E-state index is 0.0371. The van der Waals surface area contributed by atoms with E-state index in [1.165, 1.54) is 26.4 Å². The van der Waals surface area contributed by atoms with E-state index in [0.717, 1.165) is 0 Å². The van der Waals surface area contributed by atoms with Crippen LogP contribution in [0, 0.1) is 0 Å². The molecule has 0 radical (unpaired) electrons. The molecule has 0 aliphatic rings. The van der Waals surface area contributed by atoms with E-state index < -0.39 is 12.0 Å². The fourth-order valence-electron chi connectivity index (χ4n) is 1.58. The lowest BCUT2D eigenvalue weighted by Crippen LogP contribution is -2.17. The molecule has 0 amide bonds. The lowest BCUT2D eigenvalue weighted by molar-refractivity contribution is -0.137. The van der Waals surface area contributed by atoms with Crippen molar-refractivity contribution in [3.05, 3.63) is 17.7 Å². The molecule has 17 heavy (non-hydrogen) atoms. The van der Waals surface area contributed by atoms with Crippen LogP contribution in [-0.4, -0.2) is 30.4 Å². The van der Waals surface area contributed by atoms with E-state index in [9.17, 15) is 9.90 Å². The molecule has 0 saturated carbocycles. The smallest absolute Gasteiger partial charge is 0.305 e. The number of carboxylic acids is 1. The first-order chi connectivity index (χ1) is 7.99. The van der Waals surface area contributed by atoms with Gasteiger partial charge in [-0.2, -0.15) is 0 Å². The first kappa shape index (κ1) is 13.1. The number of rotatable bonds is 5. The Balaban J connectivity index is 3.23. The second-order valence-corrected chi connectivity index (χ2v) is 3.47. The van der Waals surface area contributed by atoms with Gasteiger partial charge in [0.15, 0.2) is 0 Å². The summed E-state index contributed by atoms with van der Waals surface area (Å²) in [7, 11) is 2.82. The monoisotopic (exact) mass is 241 g/mol. The molecule has 0 heterocycles. The summed E-state index contributed by atoms with van der Waals surface area (Å²) in [6, 6.07) is 1.96. The van der Waals surface area contributed by atoms with E-state index in [0.29, 0.717) is 17.1 Å². The van der Waals surface area contributed by atoms with Crippen molar-refractivity contribution >= 4 is 5.97 Å². The predicted molar refractivity (Wildman–Crippen MR) is 60.4 cm³/mol. The molecule has 1 aromatic carbocycles. The van der Waals surface area contributed by atoms with Gasteiger partial charge in [0.2, 0.25) is 0 Å². The van der Waals surface area contributed by atoms with E-state index >= 15 is 0 Å². The maximum Gasteiger partial charge on any atom is 0.305 e. The molecule has 0 saturated heterocycles. The Hall–Kier alpha value is -1.95. The zero-order valence-corrected chi connectivity index (χ0v) is 9.64. The largest absolute Gasteiger partial charge is 0.508 e. The highest BCUT2D eigenvalue weighted by atomic mass is 16.5. The molecule has 1 unspecified atom stereocenters. The molecule has 0 fully saturated rings.